The molecule has 2 fully saturated rings. The molecule has 1 N–H and O–H groups in total. The molecular weight excluding hydrogens is 316 g/mol. The minimum Gasteiger partial charge on any atom is -0.393 e. The van der Waals surface area contributed by atoms with Gasteiger partial charge in [0.05, 0.1) is 35.2 Å². The number of ether oxygens (including phenoxy) is 1. The van der Waals surface area contributed by atoms with Gasteiger partial charge in [-0.25, -0.2) is 4.90 Å². The maximum absolute atomic E-state index is 12.9. The highest BCUT2D eigenvalue weighted by molar-refractivity contribution is 6.23. The molecule has 8 heteroatoms. The van der Waals surface area contributed by atoms with E-state index in [0.29, 0.717) is 5.56 Å². The highest BCUT2D eigenvalue weighted by Gasteiger charge is 2.67. The zero-order chi connectivity index (χ0) is 17.2. The summed E-state index contributed by atoms with van der Waals surface area (Å²) in [6.07, 6.45) is 2.77. The second-order valence-corrected chi connectivity index (χ2v) is 6.30. The number of fused-ring (bicyclic) bond motifs is 5. The monoisotopic (exact) mass is 330 g/mol. The molecule has 0 saturated carbocycles. The van der Waals surface area contributed by atoms with E-state index < -0.39 is 46.9 Å². The van der Waals surface area contributed by atoms with E-state index in [1.807, 2.05) is 0 Å². The topological polar surface area (TPSA) is 110 Å². The Morgan fingerprint density at radius 3 is 2.79 bits per heavy atom. The summed E-state index contributed by atoms with van der Waals surface area (Å²) >= 11 is 0. The van der Waals surface area contributed by atoms with E-state index in [1.54, 1.807) is 19.1 Å². The minimum atomic E-state index is -1.18. The molecule has 1 aromatic rings. The lowest BCUT2D eigenvalue weighted by atomic mass is 9.77. The van der Waals surface area contributed by atoms with Gasteiger partial charge in [0.25, 0.3) is 5.69 Å². The summed E-state index contributed by atoms with van der Waals surface area (Å²) < 4.78 is 5.66. The maximum Gasteiger partial charge on any atom is 0.271 e. The van der Waals surface area contributed by atoms with Crippen LogP contribution in [-0.4, -0.2) is 40.2 Å². The van der Waals surface area contributed by atoms with Crippen LogP contribution in [0.1, 0.15) is 5.56 Å². The molecule has 124 valence electrons. The lowest BCUT2D eigenvalue weighted by Gasteiger charge is -2.26. The van der Waals surface area contributed by atoms with E-state index in [1.165, 1.54) is 18.2 Å². The van der Waals surface area contributed by atoms with E-state index in [9.17, 15) is 24.8 Å². The molecule has 0 aliphatic carbocycles. The van der Waals surface area contributed by atoms with E-state index >= 15 is 0 Å². The number of aliphatic hydroxyl groups excluding tert-OH is 1. The van der Waals surface area contributed by atoms with Crippen LogP contribution in [0.3, 0.4) is 0 Å². The van der Waals surface area contributed by atoms with Crippen LogP contribution < -0.4 is 4.90 Å². The number of carbonyl (C=O) groups is 2. The Kier molecular flexibility index (Phi) is 2.94. The molecule has 3 aliphatic rings. The summed E-state index contributed by atoms with van der Waals surface area (Å²) in [5, 5.41) is 20.7. The van der Waals surface area contributed by atoms with Crippen molar-refractivity contribution in [2.24, 2.45) is 11.8 Å². The first kappa shape index (κ1) is 15.0. The molecule has 2 amide bonds. The number of nitrogens with zero attached hydrogens (tertiary/aromatic N) is 2. The van der Waals surface area contributed by atoms with Gasteiger partial charge in [-0.05, 0) is 12.5 Å². The number of carbonyl (C=O) groups excluding carboxylic acids is 2. The molecule has 4 atom stereocenters. The predicted molar refractivity (Wildman–Crippen MR) is 81.1 cm³/mol. The maximum atomic E-state index is 12.9. The average Bonchev–Trinajstić information content (AvgIpc) is 3.19. The zero-order valence-electron chi connectivity index (χ0n) is 12.7. The number of rotatable bonds is 3. The molecule has 3 heterocycles. The smallest absolute Gasteiger partial charge is 0.271 e. The third-order valence-electron chi connectivity index (χ3n) is 5.05. The van der Waals surface area contributed by atoms with E-state index in [0.717, 1.165) is 4.90 Å². The molecule has 4 rings (SSSR count). The third kappa shape index (κ3) is 1.69. The first-order valence-electron chi connectivity index (χ1n) is 7.50. The number of hydrogen-bond donors (Lipinski definition) is 1. The van der Waals surface area contributed by atoms with Crippen LogP contribution in [0.4, 0.5) is 11.4 Å². The van der Waals surface area contributed by atoms with Crippen molar-refractivity contribution >= 4 is 23.2 Å². The van der Waals surface area contributed by atoms with E-state index in [2.05, 4.69) is 0 Å². The molecule has 2 saturated heterocycles. The fraction of sp³-hybridized carbons (Fsp3) is 0.375. The molecule has 1 aromatic carbocycles. The highest BCUT2D eigenvalue weighted by atomic mass is 16.6. The normalized spacial score (nSPS) is 33.4. The Labute approximate surface area is 136 Å². The summed E-state index contributed by atoms with van der Waals surface area (Å²) in [7, 11) is 0. The minimum absolute atomic E-state index is 0.192. The third-order valence-corrected chi connectivity index (χ3v) is 5.05. The molecule has 24 heavy (non-hydrogen) atoms. The number of nitro groups is 1. The van der Waals surface area contributed by atoms with Gasteiger partial charge in [0.2, 0.25) is 11.8 Å². The van der Waals surface area contributed by atoms with E-state index in [4.69, 9.17) is 4.74 Å². The Balaban J connectivity index is 1.80. The lowest BCUT2D eigenvalue weighted by Crippen LogP contribution is -2.43. The van der Waals surface area contributed by atoms with Gasteiger partial charge in [-0.3, -0.25) is 19.7 Å². The van der Waals surface area contributed by atoms with E-state index in [-0.39, 0.29) is 11.4 Å². The number of aryl methyl sites for hydroxylation is 1. The molecule has 3 aliphatic heterocycles. The van der Waals surface area contributed by atoms with Crippen molar-refractivity contribution in [3.8, 4) is 0 Å². The summed E-state index contributed by atoms with van der Waals surface area (Å²) in [4.78, 5) is 37.2. The number of hydrogen-bond acceptors (Lipinski definition) is 6. The van der Waals surface area contributed by atoms with Crippen LogP contribution in [0.15, 0.2) is 30.4 Å². The zero-order valence-corrected chi connectivity index (χ0v) is 12.7. The van der Waals surface area contributed by atoms with Crippen LogP contribution in [0.2, 0.25) is 0 Å². The first-order chi connectivity index (χ1) is 11.4. The quantitative estimate of drug-likeness (QED) is 0.378. The van der Waals surface area contributed by atoms with Crippen LogP contribution in [0.25, 0.3) is 0 Å². The van der Waals surface area contributed by atoms with Gasteiger partial charge in [0, 0.05) is 12.1 Å². The fourth-order valence-corrected chi connectivity index (χ4v) is 3.87. The second kappa shape index (κ2) is 4.71. The summed E-state index contributed by atoms with van der Waals surface area (Å²) in [5.41, 5.74) is -0.573. The lowest BCUT2D eigenvalue weighted by molar-refractivity contribution is -0.384. The second-order valence-electron chi connectivity index (χ2n) is 6.30. The number of imide groups is 1. The number of non-ortho nitro benzene ring substituents is 1. The van der Waals surface area contributed by atoms with Crippen molar-refractivity contribution in [2.75, 3.05) is 11.5 Å². The molecule has 0 unspecified atom stereocenters. The van der Waals surface area contributed by atoms with Crippen LogP contribution in [0.5, 0.6) is 0 Å². The molecule has 0 radical (unpaired) electrons. The van der Waals surface area contributed by atoms with Crippen molar-refractivity contribution in [1.82, 2.24) is 0 Å². The average molecular weight is 330 g/mol. The number of anilines is 1. The molecular formula is C16H14N2O6. The Bertz CT molecular complexity index is 819. The van der Waals surface area contributed by atoms with Gasteiger partial charge in [0.1, 0.15) is 5.60 Å². The largest absolute Gasteiger partial charge is 0.393 e. The van der Waals surface area contributed by atoms with Crippen LogP contribution in [-0.2, 0) is 14.3 Å². The Morgan fingerprint density at radius 2 is 2.12 bits per heavy atom. The van der Waals surface area contributed by atoms with Crippen molar-refractivity contribution in [2.45, 2.75) is 18.6 Å². The van der Waals surface area contributed by atoms with Gasteiger partial charge in [0.15, 0.2) is 0 Å². The first-order valence-corrected chi connectivity index (χ1v) is 7.50. The van der Waals surface area contributed by atoms with Crippen molar-refractivity contribution in [3.63, 3.8) is 0 Å². The predicted octanol–water partition coefficient (Wildman–Crippen LogP) is 0.709. The Morgan fingerprint density at radius 1 is 1.38 bits per heavy atom. The van der Waals surface area contributed by atoms with Crippen molar-refractivity contribution in [3.05, 3.63) is 46.0 Å². The van der Waals surface area contributed by atoms with Gasteiger partial charge < -0.3 is 9.84 Å². The van der Waals surface area contributed by atoms with Gasteiger partial charge in [-0.2, -0.15) is 0 Å². The van der Waals surface area contributed by atoms with Gasteiger partial charge in [-0.15, -0.1) is 0 Å². The fourth-order valence-electron chi connectivity index (χ4n) is 3.87. The summed E-state index contributed by atoms with van der Waals surface area (Å²) in [6, 6.07) is 4.07. The molecule has 0 spiro atoms. The van der Waals surface area contributed by atoms with Crippen LogP contribution in [0, 0.1) is 28.9 Å². The van der Waals surface area contributed by atoms with Crippen LogP contribution >= 0.6 is 0 Å². The number of aliphatic hydroxyl groups is 1. The van der Waals surface area contributed by atoms with Crippen molar-refractivity contribution in [1.29, 1.82) is 0 Å². The number of amides is 2. The standard InChI is InChI=1S/C16H14N2O6/c1-8-2-3-9(18(22)23)6-10(8)17-14(20)12-11-4-5-16(7-19,24-11)13(12)15(17)21/h2-6,11-13,19H,7H2,1H3/t11-,12-,13-,16+/m0/s1. The molecule has 2 bridgehead atoms. The summed E-state index contributed by atoms with van der Waals surface area (Å²) in [6.45, 7) is 1.28. The highest BCUT2D eigenvalue weighted by Crippen LogP contribution is 2.52. The van der Waals surface area contributed by atoms with Gasteiger partial charge in [-0.1, -0.05) is 18.2 Å². The molecule has 0 aromatic heterocycles. The summed E-state index contributed by atoms with van der Waals surface area (Å²) in [5.74, 6) is -2.44. The number of benzene rings is 1. The van der Waals surface area contributed by atoms with Crippen molar-refractivity contribution < 1.29 is 24.4 Å². The number of nitro benzene ring substituents is 1. The molecule has 8 nitrogen and oxygen atoms in total. The Hall–Kier alpha value is -2.58. The SMILES string of the molecule is Cc1ccc([N+](=O)[O-])cc1N1C(=O)[C@H]2[C@@H]3C=C[C@](CO)(O3)[C@@H]2C1=O. The van der Waals surface area contributed by atoms with Gasteiger partial charge >= 0.3 is 0 Å².